The zero-order valence-electron chi connectivity index (χ0n) is 8.57. The van der Waals surface area contributed by atoms with Gasteiger partial charge in [-0.2, -0.15) is 0 Å². The van der Waals surface area contributed by atoms with E-state index in [9.17, 15) is 0 Å². The minimum absolute atomic E-state index is 0.136. The minimum atomic E-state index is -0.136. The summed E-state index contributed by atoms with van der Waals surface area (Å²) in [5.74, 6) is 0.854. The van der Waals surface area contributed by atoms with Gasteiger partial charge in [0.15, 0.2) is 0 Å². The second-order valence-electron chi connectivity index (χ2n) is 3.23. The Hall–Kier alpha value is -1.06. The number of benzene rings is 1. The fourth-order valence-electron chi connectivity index (χ4n) is 1.26. The number of ether oxygens (including phenoxy) is 1. The predicted octanol–water partition coefficient (Wildman–Crippen LogP) is 1.43. The zero-order valence-corrected chi connectivity index (χ0v) is 8.57. The lowest BCUT2D eigenvalue weighted by Crippen LogP contribution is -2.21. The molecule has 0 fully saturated rings. The van der Waals surface area contributed by atoms with E-state index >= 15 is 0 Å². The van der Waals surface area contributed by atoms with Crippen molar-refractivity contribution in [3.8, 4) is 5.75 Å². The third-order valence-electron chi connectivity index (χ3n) is 2.03. The van der Waals surface area contributed by atoms with Crippen LogP contribution in [0, 0.1) is 0 Å². The average molecular weight is 194 g/mol. The van der Waals surface area contributed by atoms with Crippen molar-refractivity contribution in [2.75, 3.05) is 13.2 Å². The van der Waals surface area contributed by atoms with Gasteiger partial charge in [0.05, 0.1) is 6.61 Å². The highest BCUT2D eigenvalue weighted by Gasteiger charge is 2.09. The van der Waals surface area contributed by atoms with Gasteiger partial charge in [-0.05, 0) is 12.5 Å². The summed E-state index contributed by atoms with van der Waals surface area (Å²) in [6.45, 7) is 3.23. The van der Waals surface area contributed by atoms with Crippen molar-refractivity contribution in [3.05, 3.63) is 29.8 Å². The molecule has 1 aromatic carbocycles. The van der Waals surface area contributed by atoms with Gasteiger partial charge >= 0.3 is 0 Å². The molecule has 0 spiro atoms. The Morgan fingerprint density at radius 2 is 2.07 bits per heavy atom. The van der Waals surface area contributed by atoms with E-state index in [0.29, 0.717) is 13.2 Å². The van der Waals surface area contributed by atoms with Crippen LogP contribution in [0.5, 0.6) is 5.75 Å². The molecule has 3 nitrogen and oxygen atoms in total. The fourth-order valence-corrected chi connectivity index (χ4v) is 1.26. The number of rotatable bonds is 5. The normalized spacial score (nSPS) is 12.5. The topological polar surface area (TPSA) is 61.3 Å². The Morgan fingerprint density at radius 1 is 1.36 bits per heavy atom. The van der Waals surface area contributed by atoms with E-state index in [1.807, 2.05) is 24.3 Å². The van der Waals surface area contributed by atoms with E-state index in [4.69, 9.17) is 16.2 Å². The third kappa shape index (κ3) is 2.72. The van der Waals surface area contributed by atoms with Gasteiger partial charge in [0, 0.05) is 18.2 Å². The Balaban J connectivity index is 2.79. The van der Waals surface area contributed by atoms with Crippen LogP contribution in [0.15, 0.2) is 24.3 Å². The van der Waals surface area contributed by atoms with Crippen LogP contribution in [0.4, 0.5) is 0 Å². The van der Waals surface area contributed by atoms with Crippen LogP contribution in [-0.4, -0.2) is 13.2 Å². The number of para-hydroxylation sites is 1. The summed E-state index contributed by atoms with van der Waals surface area (Å²) in [7, 11) is 0. The second kappa shape index (κ2) is 5.62. The van der Waals surface area contributed by atoms with Crippen LogP contribution in [0.3, 0.4) is 0 Å². The second-order valence-corrected chi connectivity index (χ2v) is 3.23. The molecule has 1 rings (SSSR count). The van der Waals surface area contributed by atoms with Crippen LogP contribution < -0.4 is 16.2 Å². The molecule has 0 bridgehead atoms. The summed E-state index contributed by atoms with van der Waals surface area (Å²) in [6, 6.07) is 7.65. The van der Waals surface area contributed by atoms with Crippen molar-refractivity contribution in [1.29, 1.82) is 0 Å². The lowest BCUT2D eigenvalue weighted by Gasteiger charge is -2.14. The summed E-state index contributed by atoms with van der Waals surface area (Å²) in [6.07, 6.45) is 0.992. The number of nitrogens with two attached hydrogens (primary N) is 2. The predicted molar refractivity (Wildman–Crippen MR) is 58.2 cm³/mol. The summed E-state index contributed by atoms with van der Waals surface area (Å²) in [5, 5.41) is 0. The lowest BCUT2D eigenvalue weighted by molar-refractivity contribution is 0.312. The van der Waals surface area contributed by atoms with Gasteiger partial charge in [0.2, 0.25) is 0 Å². The molecule has 0 aliphatic rings. The Kier molecular flexibility index (Phi) is 4.43. The SMILES string of the molecule is CCCOc1ccccc1[C@H](N)CN. The fraction of sp³-hybridized carbons (Fsp3) is 0.455. The standard InChI is InChI=1S/C11H18N2O/c1-2-7-14-11-6-4-3-5-9(11)10(13)8-12/h3-6,10H,2,7-8,12-13H2,1H3/t10-/m1/s1. The summed E-state index contributed by atoms with van der Waals surface area (Å²) in [5.41, 5.74) is 12.4. The molecule has 3 heteroatoms. The van der Waals surface area contributed by atoms with E-state index in [0.717, 1.165) is 17.7 Å². The molecule has 0 aromatic heterocycles. The molecule has 4 N–H and O–H groups in total. The largest absolute Gasteiger partial charge is 0.493 e. The molecule has 1 atom stereocenters. The molecule has 0 saturated heterocycles. The average Bonchev–Trinajstić information content (AvgIpc) is 2.25. The highest BCUT2D eigenvalue weighted by Crippen LogP contribution is 2.22. The van der Waals surface area contributed by atoms with Crippen LogP contribution in [0.2, 0.25) is 0 Å². The van der Waals surface area contributed by atoms with Crippen LogP contribution in [0.1, 0.15) is 24.9 Å². The molecular formula is C11H18N2O. The molecule has 14 heavy (non-hydrogen) atoms. The van der Waals surface area contributed by atoms with Crippen molar-refractivity contribution < 1.29 is 4.74 Å². The van der Waals surface area contributed by atoms with E-state index in [-0.39, 0.29) is 6.04 Å². The first-order valence-electron chi connectivity index (χ1n) is 4.97. The molecule has 0 aliphatic heterocycles. The molecule has 0 amide bonds. The van der Waals surface area contributed by atoms with E-state index in [1.54, 1.807) is 0 Å². The van der Waals surface area contributed by atoms with Gasteiger partial charge < -0.3 is 16.2 Å². The van der Waals surface area contributed by atoms with Gasteiger partial charge in [0.25, 0.3) is 0 Å². The highest BCUT2D eigenvalue weighted by molar-refractivity contribution is 5.35. The summed E-state index contributed by atoms with van der Waals surface area (Å²) < 4.78 is 5.57. The van der Waals surface area contributed by atoms with Gasteiger partial charge in [-0.15, -0.1) is 0 Å². The molecule has 0 radical (unpaired) electrons. The number of hydrogen-bond acceptors (Lipinski definition) is 3. The van der Waals surface area contributed by atoms with E-state index in [1.165, 1.54) is 0 Å². The third-order valence-corrected chi connectivity index (χ3v) is 2.03. The maximum Gasteiger partial charge on any atom is 0.124 e. The number of hydrogen-bond donors (Lipinski definition) is 2. The molecule has 0 heterocycles. The highest BCUT2D eigenvalue weighted by atomic mass is 16.5. The molecular weight excluding hydrogens is 176 g/mol. The van der Waals surface area contributed by atoms with Crippen LogP contribution in [-0.2, 0) is 0 Å². The first-order chi connectivity index (χ1) is 6.79. The summed E-state index contributed by atoms with van der Waals surface area (Å²) in [4.78, 5) is 0. The smallest absolute Gasteiger partial charge is 0.124 e. The molecule has 0 unspecified atom stereocenters. The molecule has 1 aromatic rings. The first-order valence-corrected chi connectivity index (χ1v) is 4.97. The Morgan fingerprint density at radius 3 is 2.71 bits per heavy atom. The Labute approximate surface area is 85.0 Å². The molecule has 78 valence electrons. The van der Waals surface area contributed by atoms with Gasteiger partial charge in [0.1, 0.15) is 5.75 Å². The zero-order chi connectivity index (χ0) is 10.4. The van der Waals surface area contributed by atoms with Gasteiger partial charge in [-0.3, -0.25) is 0 Å². The summed E-state index contributed by atoms with van der Waals surface area (Å²) >= 11 is 0. The molecule has 0 saturated carbocycles. The van der Waals surface area contributed by atoms with Crippen molar-refractivity contribution >= 4 is 0 Å². The first kappa shape index (κ1) is 11.0. The quantitative estimate of drug-likeness (QED) is 0.745. The lowest BCUT2D eigenvalue weighted by atomic mass is 10.1. The maximum atomic E-state index is 5.86. The van der Waals surface area contributed by atoms with Crippen molar-refractivity contribution in [2.45, 2.75) is 19.4 Å². The van der Waals surface area contributed by atoms with Crippen molar-refractivity contribution in [2.24, 2.45) is 11.5 Å². The van der Waals surface area contributed by atoms with Gasteiger partial charge in [-0.1, -0.05) is 25.1 Å². The monoisotopic (exact) mass is 194 g/mol. The van der Waals surface area contributed by atoms with Crippen molar-refractivity contribution in [3.63, 3.8) is 0 Å². The van der Waals surface area contributed by atoms with Crippen molar-refractivity contribution in [1.82, 2.24) is 0 Å². The van der Waals surface area contributed by atoms with E-state index < -0.39 is 0 Å². The van der Waals surface area contributed by atoms with Crippen LogP contribution in [0.25, 0.3) is 0 Å². The van der Waals surface area contributed by atoms with E-state index in [2.05, 4.69) is 6.92 Å². The molecule has 0 aliphatic carbocycles. The Bertz CT molecular complexity index is 276. The van der Waals surface area contributed by atoms with Gasteiger partial charge in [-0.25, -0.2) is 0 Å². The minimum Gasteiger partial charge on any atom is -0.493 e. The van der Waals surface area contributed by atoms with Crippen LogP contribution >= 0.6 is 0 Å². The maximum absolute atomic E-state index is 5.86.